The minimum Gasteiger partial charge on any atom is -0.495 e. The van der Waals surface area contributed by atoms with Crippen LogP contribution < -0.4 is 9.46 Å². The number of aryl methyl sites for hydroxylation is 1. The second-order valence-electron chi connectivity index (χ2n) is 4.21. The van der Waals surface area contributed by atoms with Gasteiger partial charge in [0, 0.05) is 13.1 Å². The van der Waals surface area contributed by atoms with Gasteiger partial charge in [0.1, 0.15) is 18.4 Å². The molecule has 0 atom stereocenters. The van der Waals surface area contributed by atoms with Crippen LogP contribution in [-0.4, -0.2) is 36.8 Å². The third-order valence-electron chi connectivity index (χ3n) is 2.76. The summed E-state index contributed by atoms with van der Waals surface area (Å²) >= 11 is 5.93. The molecule has 2 rings (SSSR count). The lowest BCUT2D eigenvalue weighted by atomic mass is 10.3. The van der Waals surface area contributed by atoms with Crippen LogP contribution in [0, 0.1) is 0 Å². The lowest BCUT2D eigenvalue weighted by Crippen LogP contribution is -2.25. The number of hydrogen-bond acceptors (Lipinski definition) is 5. The largest absolute Gasteiger partial charge is 0.495 e. The average molecular weight is 331 g/mol. The van der Waals surface area contributed by atoms with Crippen molar-refractivity contribution < 1.29 is 13.2 Å². The first kappa shape index (κ1) is 15.7. The molecule has 0 saturated heterocycles. The van der Waals surface area contributed by atoms with Crippen LogP contribution in [0.25, 0.3) is 0 Å². The summed E-state index contributed by atoms with van der Waals surface area (Å²) in [5, 5.41) is 4.19. The number of methoxy groups -OCH3 is 1. The van der Waals surface area contributed by atoms with Crippen LogP contribution in [0.1, 0.15) is 6.42 Å². The summed E-state index contributed by atoms with van der Waals surface area (Å²) in [6, 6.07) is 4.33. The summed E-state index contributed by atoms with van der Waals surface area (Å²) in [6.45, 7) is 0.887. The van der Waals surface area contributed by atoms with Gasteiger partial charge in [0.2, 0.25) is 10.0 Å². The standard InChI is InChI=1S/C12H15ClN4O3S/c1-20-12-4-3-10(7-11(12)13)21(18,19)16-5-2-6-17-9-14-8-15-17/h3-4,7-9,16H,2,5-6H2,1H3. The Bertz CT molecular complexity index is 689. The zero-order chi connectivity index (χ0) is 15.3. The number of sulfonamides is 1. The first-order chi connectivity index (χ1) is 10.0. The predicted octanol–water partition coefficient (Wildman–Crippen LogP) is 1.31. The van der Waals surface area contributed by atoms with E-state index in [0.717, 1.165) is 0 Å². The van der Waals surface area contributed by atoms with Crippen LogP contribution in [0.2, 0.25) is 5.02 Å². The maximum atomic E-state index is 12.1. The Hall–Kier alpha value is -1.64. The average Bonchev–Trinajstić information content (AvgIpc) is 2.97. The van der Waals surface area contributed by atoms with E-state index in [4.69, 9.17) is 16.3 Å². The smallest absolute Gasteiger partial charge is 0.240 e. The van der Waals surface area contributed by atoms with Gasteiger partial charge in [0.05, 0.1) is 17.0 Å². The highest BCUT2D eigenvalue weighted by Gasteiger charge is 2.15. The molecule has 0 spiro atoms. The Morgan fingerprint density at radius 1 is 1.43 bits per heavy atom. The SMILES string of the molecule is COc1ccc(S(=O)(=O)NCCCn2cncn2)cc1Cl. The minimum atomic E-state index is -3.58. The fraction of sp³-hybridized carbons (Fsp3) is 0.333. The first-order valence-corrected chi connectivity index (χ1v) is 8.04. The fourth-order valence-electron chi connectivity index (χ4n) is 1.69. The van der Waals surface area contributed by atoms with Crippen molar-refractivity contribution in [2.75, 3.05) is 13.7 Å². The summed E-state index contributed by atoms with van der Waals surface area (Å²) in [5.74, 6) is 0.432. The van der Waals surface area contributed by atoms with Gasteiger partial charge in [0.15, 0.2) is 0 Å². The summed E-state index contributed by atoms with van der Waals surface area (Å²) in [6.07, 6.45) is 3.62. The van der Waals surface area contributed by atoms with E-state index < -0.39 is 10.0 Å². The molecule has 21 heavy (non-hydrogen) atoms. The highest BCUT2D eigenvalue weighted by molar-refractivity contribution is 7.89. The Morgan fingerprint density at radius 2 is 2.24 bits per heavy atom. The van der Waals surface area contributed by atoms with Crippen LogP contribution in [0.5, 0.6) is 5.75 Å². The predicted molar refractivity (Wildman–Crippen MR) is 77.8 cm³/mol. The number of ether oxygens (including phenoxy) is 1. The molecule has 0 radical (unpaired) electrons. The minimum absolute atomic E-state index is 0.106. The van der Waals surface area contributed by atoms with Gasteiger partial charge in [-0.3, -0.25) is 4.68 Å². The van der Waals surface area contributed by atoms with Crippen molar-refractivity contribution in [3.05, 3.63) is 35.9 Å². The number of halogens is 1. The molecule has 0 bridgehead atoms. The van der Waals surface area contributed by atoms with Crippen molar-refractivity contribution in [3.8, 4) is 5.75 Å². The van der Waals surface area contributed by atoms with Crippen LogP contribution >= 0.6 is 11.6 Å². The molecule has 0 aliphatic heterocycles. The summed E-state index contributed by atoms with van der Waals surface area (Å²) in [5.41, 5.74) is 0. The Labute approximate surface area is 128 Å². The Kier molecular flexibility index (Phi) is 5.16. The third kappa shape index (κ3) is 4.16. The normalized spacial score (nSPS) is 11.5. The molecule has 1 N–H and O–H groups in total. The highest BCUT2D eigenvalue weighted by Crippen LogP contribution is 2.26. The molecule has 0 saturated carbocycles. The first-order valence-electron chi connectivity index (χ1n) is 6.18. The van der Waals surface area contributed by atoms with Crippen molar-refractivity contribution >= 4 is 21.6 Å². The molecule has 0 aliphatic rings. The summed E-state index contributed by atoms with van der Waals surface area (Å²) < 4.78 is 33.3. The van der Waals surface area contributed by atoms with Crippen LogP contribution in [0.15, 0.2) is 35.7 Å². The van der Waals surface area contributed by atoms with E-state index in [1.807, 2.05) is 0 Å². The topological polar surface area (TPSA) is 86.1 Å². The number of hydrogen-bond donors (Lipinski definition) is 1. The number of nitrogens with zero attached hydrogens (tertiary/aromatic N) is 3. The van der Waals surface area contributed by atoms with E-state index in [-0.39, 0.29) is 9.92 Å². The molecule has 0 unspecified atom stereocenters. The van der Waals surface area contributed by atoms with E-state index in [1.165, 1.54) is 31.6 Å². The second-order valence-corrected chi connectivity index (χ2v) is 6.38. The Balaban J connectivity index is 1.93. The fourth-order valence-corrected chi connectivity index (χ4v) is 3.12. The van der Waals surface area contributed by atoms with Gasteiger partial charge in [-0.25, -0.2) is 18.1 Å². The highest BCUT2D eigenvalue weighted by atomic mass is 35.5. The zero-order valence-corrected chi connectivity index (χ0v) is 12.9. The van der Waals surface area contributed by atoms with Gasteiger partial charge in [-0.2, -0.15) is 5.10 Å². The van der Waals surface area contributed by atoms with E-state index in [9.17, 15) is 8.42 Å². The van der Waals surface area contributed by atoms with Crippen molar-refractivity contribution in [2.45, 2.75) is 17.9 Å². The zero-order valence-electron chi connectivity index (χ0n) is 11.4. The van der Waals surface area contributed by atoms with Crippen molar-refractivity contribution in [3.63, 3.8) is 0 Å². The molecular weight excluding hydrogens is 316 g/mol. The lowest BCUT2D eigenvalue weighted by Gasteiger charge is -2.09. The molecule has 114 valence electrons. The van der Waals surface area contributed by atoms with E-state index in [2.05, 4.69) is 14.8 Å². The van der Waals surface area contributed by atoms with Crippen molar-refractivity contribution in [1.29, 1.82) is 0 Å². The second kappa shape index (κ2) is 6.88. The number of rotatable bonds is 7. The molecule has 2 aromatic rings. The van der Waals surface area contributed by atoms with Gasteiger partial charge in [0.25, 0.3) is 0 Å². The van der Waals surface area contributed by atoms with Gasteiger partial charge in [-0.1, -0.05) is 11.6 Å². The molecule has 1 aromatic heterocycles. The number of nitrogens with one attached hydrogen (secondary N) is 1. The van der Waals surface area contributed by atoms with E-state index in [0.29, 0.717) is 25.3 Å². The van der Waals surface area contributed by atoms with Gasteiger partial charge in [-0.15, -0.1) is 0 Å². The summed E-state index contributed by atoms with van der Waals surface area (Å²) in [4.78, 5) is 3.92. The van der Waals surface area contributed by atoms with Crippen LogP contribution in [-0.2, 0) is 16.6 Å². The van der Waals surface area contributed by atoms with Crippen LogP contribution in [0.3, 0.4) is 0 Å². The lowest BCUT2D eigenvalue weighted by molar-refractivity contribution is 0.414. The van der Waals surface area contributed by atoms with Gasteiger partial charge >= 0.3 is 0 Å². The molecule has 1 heterocycles. The molecule has 0 fully saturated rings. The van der Waals surface area contributed by atoms with Gasteiger partial charge < -0.3 is 4.74 Å². The van der Waals surface area contributed by atoms with Gasteiger partial charge in [-0.05, 0) is 24.6 Å². The molecule has 7 nitrogen and oxygen atoms in total. The van der Waals surface area contributed by atoms with Crippen LogP contribution in [0.4, 0.5) is 0 Å². The molecule has 9 heteroatoms. The molecular formula is C12H15ClN4O3S. The van der Waals surface area contributed by atoms with E-state index >= 15 is 0 Å². The molecule has 1 aromatic carbocycles. The van der Waals surface area contributed by atoms with E-state index in [1.54, 1.807) is 11.0 Å². The molecule has 0 amide bonds. The maximum Gasteiger partial charge on any atom is 0.240 e. The Morgan fingerprint density at radius 3 is 2.86 bits per heavy atom. The summed E-state index contributed by atoms with van der Waals surface area (Å²) in [7, 11) is -2.11. The number of aromatic nitrogens is 3. The quantitative estimate of drug-likeness (QED) is 0.773. The number of benzene rings is 1. The molecule has 0 aliphatic carbocycles. The monoisotopic (exact) mass is 330 g/mol. The van der Waals surface area contributed by atoms with Crippen molar-refractivity contribution in [1.82, 2.24) is 19.5 Å². The van der Waals surface area contributed by atoms with Crippen molar-refractivity contribution in [2.24, 2.45) is 0 Å². The maximum absolute atomic E-state index is 12.1. The third-order valence-corrected chi connectivity index (χ3v) is 4.51.